The molecule has 2 aromatic rings. The lowest BCUT2D eigenvalue weighted by Crippen LogP contribution is -2.29. The van der Waals surface area contributed by atoms with Gasteiger partial charge in [-0.05, 0) is 44.2 Å². The van der Waals surface area contributed by atoms with Crippen molar-refractivity contribution in [3.05, 3.63) is 34.9 Å². The molecule has 0 aliphatic heterocycles. The number of thiophene rings is 1. The van der Waals surface area contributed by atoms with Crippen molar-refractivity contribution >= 4 is 33.1 Å². The summed E-state index contributed by atoms with van der Waals surface area (Å²) in [5, 5.41) is 3.89. The number of allylic oxidation sites excluding steroid dienone is 2. The van der Waals surface area contributed by atoms with Crippen molar-refractivity contribution in [2.75, 3.05) is 12.3 Å². The Hall–Kier alpha value is -1.88. The first kappa shape index (κ1) is 14.1. The number of fused-ring (bicyclic) bond motifs is 1. The van der Waals surface area contributed by atoms with Crippen LogP contribution in [0.25, 0.3) is 10.2 Å². The van der Waals surface area contributed by atoms with Gasteiger partial charge in [-0.1, -0.05) is 12.2 Å². The average Bonchev–Trinajstić information content (AvgIpc) is 2.82. The summed E-state index contributed by atoms with van der Waals surface area (Å²) < 4.78 is 0. The summed E-state index contributed by atoms with van der Waals surface area (Å²) >= 11 is 1.37. The molecular weight excluding hydrogens is 282 g/mol. The second-order valence-electron chi connectivity index (χ2n) is 5.51. The standard InChI is InChI=1S/C16H19N3OS/c1-10-7-8-12-13(17)14(21-16(12)19-10)15(20)18-9-11-5-3-2-4-6-11/h2-3,7-8,11H,4-6,9,17H2,1H3,(H,18,20). The van der Waals surface area contributed by atoms with Crippen LogP contribution in [0.3, 0.4) is 0 Å². The molecule has 0 aromatic carbocycles. The Kier molecular flexibility index (Phi) is 3.92. The summed E-state index contributed by atoms with van der Waals surface area (Å²) in [4.78, 5) is 18.2. The minimum atomic E-state index is -0.0808. The number of hydrogen-bond acceptors (Lipinski definition) is 4. The number of nitrogens with two attached hydrogens (primary N) is 1. The minimum Gasteiger partial charge on any atom is -0.397 e. The first-order chi connectivity index (χ1) is 10.1. The number of nitrogens with one attached hydrogen (secondary N) is 1. The average molecular weight is 301 g/mol. The summed E-state index contributed by atoms with van der Waals surface area (Å²) in [5.74, 6) is 0.456. The van der Waals surface area contributed by atoms with Crippen LogP contribution in [-0.2, 0) is 0 Å². The molecule has 4 nitrogen and oxygen atoms in total. The fourth-order valence-corrected chi connectivity index (χ4v) is 3.67. The fraction of sp³-hybridized carbons (Fsp3) is 0.375. The van der Waals surface area contributed by atoms with Gasteiger partial charge in [-0.15, -0.1) is 11.3 Å². The third kappa shape index (κ3) is 2.93. The van der Waals surface area contributed by atoms with Gasteiger partial charge in [-0.3, -0.25) is 4.79 Å². The molecule has 0 radical (unpaired) electrons. The van der Waals surface area contributed by atoms with Crippen LogP contribution in [-0.4, -0.2) is 17.4 Å². The summed E-state index contributed by atoms with van der Waals surface area (Å²) in [6.45, 7) is 2.65. The summed E-state index contributed by atoms with van der Waals surface area (Å²) in [5.41, 5.74) is 7.58. The monoisotopic (exact) mass is 301 g/mol. The van der Waals surface area contributed by atoms with E-state index in [9.17, 15) is 4.79 Å². The highest BCUT2D eigenvalue weighted by atomic mass is 32.1. The normalized spacial score (nSPS) is 18.0. The van der Waals surface area contributed by atoms with Gasteiger partial charge in [0.25, 0.3) is 5.91 Å². The molecule has 0 saturated carbocycles. The van der Waals surface area contributed by atoms with Crippen molar-refractivity contribution in [3.8, 4) is 0 Å². The molecule has 2 aromatic heterocycles. The molecule has 2 heterocycles. The van der Waals surface area contributed by atoms with Gasteiger partial charge in [0.2, 0.25) is 0 Å². The number of pyridine rings is 1. The Morgan fingerprint density at radius 3 is 3.10 bits per heavy atom. The quantitative estimate of drug-likeness (QED) is 0.855. The Morgan fingerprint density at radius 2 is 2.33 bits per heavy atom. The smallest absolute Gasteiger partial charge is 0.263 e. The van der Waals surface area contributed by atoms with Gasteiger partial charge in [0.05, 0.1) is 5.69 Å². The maximum Gasteiger partial charge on any atom is 0.263 e. The lowest BCUT2D eigenvalue weighted by atomic mass is 9.94. The third-order valence-corrected chi connectivity index (χ3v) is 4.98. The molecule has 0 bridgehead atoms. The molecule has 21 heavy (non-hydrogen) atoms. The van der Waals surface area contributed by atoms with Gasteiger partial charge >= 0.3 is 0 Å². The molecule has 1 aliphatic carbocycles. The van der Waals surface area contributed by atoms with Crippen molar-refractivity contribution in [1.29, 1.82) is 0 Å². The van der Waals surface area contributed by atoms with Crippen LogP contribution in [0.5, 0.6) is 0 Å². The van der Waals surface area contributed by atoms with E-state index in [1.54, 1.807) is 0 Å². The number of rotatable bonds is 3. The zero-order chi connectivity index (χ0) is 14.8. The Morgan fingerprint density at radius 1 is 1.48 bits per heavy atom. The number of hydrogen-bond donors (Lipinski definition) is 2. The molecular formula is C16H19N3OS. The highest BCUT2D eigenvalue weighted by Crippen LogP contribution is 2.32. The van der Waals surface area contributed by atoms with E-state index in [1.807, 2.05) is 19.1 Å². The number of nitrogen functional groups attached to an aromatic ring is 1. The van der Waals surface area contributed by atoms with Crippen LogP contribution in [0, 0.1) is 12.8 Å². The summed E-state index contributed by atoms with van der Waals surface area (Å²) in [7, 11) is 0. The minimum absolute atomic E-state index is 0.0808. The summed E-state index contributed by atoms with van der Waals surface area (Å²) in [6.07, 6.45) is 7.69. The summed E-state index contributed by atoms with van der Waals surface area (Å²) in [6, 6.07) is 3.85. The van der Waals surface area contributed by atoms with Crippen molar-refractivity contribution < 1.29 is 4.79 Å². The van der Waals surface area contributed by atoms with Crippen LogP contribution in [0.15, 0.2) is 24.3 Å². The van der Waals surface area contributed by atoms with Crippen molar-refractivity contribution in [1.82, 2.24) is 10.3 Å². The van der Waals surface area contributed by atoms with Crippen LogP contribution in [0.1, 0.15) is 34.6 Å². The molecule has 0 spiro atoms. The van der Waals surface area contributed by atoms with Gasteiger partial charge in [0, 0.05) is 17.6 Å². The molecule has 0 saturated heterocycles. The Balaban J connectivity index is 1.75. The molecule has 1 atom stereocenters. The molecule has 1 amide bonds. The van der Waals surface area contributed by atoms with Crippen LogP contribution < -0.4 is 11.1 Å². The van der Waals surface area contributed by atoms with E-state index in [4.69, 9.17) is 5.73 Å². The molecule has 1 unspecified atom stereocenters. The number of aryl methyl sites for hydroxylation is 1. The second-order valence-corrected chi connectivity index (χ2v) is 6.51. The van der Waals surface area contributed by atoms with Crippen molar-refractivity contribution in [3.63, 3.8) is 0 Å². The van der Waals surface area contributed by atoms with Crippen LogP contribution in [0.4, 0.5) is 5.69 Å². The number of anilines is 1. The Labute approximate surface area is 128 Å². The van der Waals surface area contributed by atoms with E-state index in [1.165, 1.54) is 11.3 Å². The third-order valence-electron chi connectivity index (χ3n) is 3.87. The van der Waals surface area contributed by atoms with E-state index >= 15 is 0 Å². The molecule has 1 aliphatic rings. The van der Waals surface area contributed by atoms with Gasteiger partial charge in [0.1, 0.15) is 9.71 Å². The lowest BCUT2D eigenvalue weighted by molar-refractivity contribution is 0.0951. The second kappa shape index (κ2) is 5.85. The predicted octanol–water partition coefficient (Wildman–Crippen LogP) is 3.27. The maximum absolute atomic E-state index is 12.3. The zero-order valence-corrected chi connectivity index (χ0v) is 12.9. The van der Waals surface area contributed by atoms with Gasteiger partial charge in [0.15, 0.2) is 0 Å². The van der Waals surface area contributed by atoms with Crippen molar-refractivity contribution in [2.45, 2.75) is 26.2 Å². The molecule has 110 valence electrons. The highest BCUT2D eigenvalue weighted by Gasteiger charge is 2.18. The van der Waals surface area contributed by atoms with Gasteiger partial charge in [-0.2, -0.15) is 0 Å². The van der Waals surface area contributed by atoms with E-state index in [0.29, 0.717) is 23.0 Å². The number of aromatic nitrogens is 1. The number of amides is 1. The molecule has 3 rings (SSSR count). The van der Waals surface area contributed by atoms with E-state index < -0.39 is 0 Å². The number of nitrogens with zero attached hydrogens (tertiary/aromatic N) is 1. The van der Waals surface area contributed by atoms with E-state index in [0.717, 1.165) is 35.2 Å². The van der Waals surface area contributed by atoms with Crippen LogP contribution in [0.2, 0.25) is 0 Å². The first-order valence-electron chi connectivity index (χ1n) is 7.24. The first-order valence-corrected chi connectivity index (χ1v) is 8.05. The SMILES string of the molecule is Cc1ccc2c(N)c(C(=O)NCC3CC=CCC3)sc2n1. The van der Waals surface area contributed by atoms with E-state index in [2.05, 4.69) is 22.5 Å². The zero-order valence-electron chi connectivity index (χ0n) is 12.1. The molecule has 5 heteroatoms. The van der Waals surface area contributed by atoms with E-state index in [-0.39, 0.29) is 5.91 Å². The van der Waals surface area contributed by atoms with Crippen molar-refractivity contribution in [2.24, 2.45) is 5.92 Å². The number of carbonyl (C=O) groups excluding carboxylic acids is 1. The van der Waals surface area contributed by atoms with Gasteiger partial charge < -0.3 is 11.1 Å². The van der Waals surface area contributed by atoms with Gasteiger partial charge in [-0.25, -0.2) is 4.98 Å². The highest BCUT2D eigenvalue weighted by molar-refractivity contribution is 7.21. The fourth-order valence-electron chi connectivity index (χ4n) is 2.62. The Bertz CT molecular complexity index is 705. The largest absolute Gasteiger partial charge is 0.397 e. The number of carbonyl (C=O) groups is 1. The molecule has 0 fully saturated rings. The predicted molar refractivity (Wildman–Crippen MR) is 87.6 cm³/mol. The topological polar surface area (TPSA) is 68.0 Å². The lowest BCUT2D eigenvalue weighted by Gasteiger charge is -2.17. The van der Waals surface area contributed by atoms with Crippen LogP contribution >= 0.6 is 11.3 Å². The maximum atomic E-state index is 12.3. The molecule has 3 N–H and O–H groups in total.